The highest BCUT2D eigenvalue weighted by Crippen LogP contribution is 2.44. The van der Waals surface area contributed by atoms with Crippen LogP contribution in [0.15, 0.2) is 152 Å². The molecule has 8 aromatic carbocycles. The number of halogens is 3. The van der Waals surface area contributed by atoms with Crippen LogP contribution in [-0.2, 0) is 6.18 Å². The number of para-hydroxylation sites is 2. The Morgan fingerprint density at radius 1 is 0.435 bits per heavy atom. The van der Waals surface area contributed by atoms with Crippen molar-refractivity contribution in [3.8, 4) is 56.9 Å². The van der Waals surface area contributed by atoms with Crippen LogP contribution in [0.25, 0.3) is 88.4 Å². The largest absolute Gasteiger partial charge is 0.417 e. The Kier molecular flexibility index (Phi) is 8.91. The fourth-order valence-corrected chi connectivity index (χ4v) is 9.40. The van der Waals surface area contributed by atoms with Crippen LogP contribution < -0.4 is 0 Å². The minimum Gasteiger partial charge on any atom is -0.308 e. The van der Waals surface area contributed by atoms with Gasteiger partial charge in [-0.2, -0.15) is 23.7 Å². The zero-order valence-corrected chi connectivity index (χ0v) is 34.4. The quantitative estimate of drug-likeness (QED) is 0.174. The molecule has 10 rings (SSSR count). The van der Waals surface area contributed by atoms with Crippen LogP contribution in [0.4, 0.5) is 13.2 Å². The highest BCUT2D eigenvalue weighted by Gasteiger charge is 2.35. The minimum absolute atomic E-state index is 0.0992. The van der Waals surface area contributed by atoms with Crippen LogP contribution in [0, 0.1) is 50.4 Å². The number of hydrogen-bond donors (Lipinski definition) is 0. The monoisotopic (exact) mass is 810 g/mol. The van der Waals surface area contributed by atoms with Gasteiger partial charge in [0, 0.05) is 21.5 Å². The second kappa shape index (κ2) is 14.4. The van der Waals surface area contributed by atoms with Crippen LogP contribution in [0.5, 0.6) is 0 Å². The summed E-state index contributed by atoms with van der Waals surface area (Å²) < 4.78 is 49.4. The molecule has 0 aliphatic heterocycles. The Morgan fingerprint density at radius 2 is 0.903 bits per heavy atom. The van der Waals surface area contributed by atoms with Gasteiger partial charge in [-0.15, -0.1) is 0 Å². The highest BCUT2D eigenvalue weighted by atomic mass is 19.4. The van der Waals surface area contributed by atoms with Gasteiger partial charge >= 0.3 is 6.18 Å². The predicted molar refractivity (Wildman–Crippen MR) is 245 cm³/mol. The molecule has 7 heteroatoms. The second-order valence-corrected chi connectivity index (χ2v) is 16.2. The first kappa shape index (κ1) is 38.3. The molecule has 298 valence electrons. The summed E-state index contributed by atoms with van der Waals surface area (Å²) in [7, 11) is 0. The number of nitriles is 2. The lowest BCUT2D eigenvalue weighted by Gasteiger charge is -2.20. The fraction of sp³-hybridized carbons (Fsp3) is 0.0909. The van der Waals surface area contributed by atoms with E-state index in [1.54, 1.807) is 12.1 Å². The standard InChI is InChI=1S/C55H37F3N4/c1-32-13-18-40(34(3)23-32)37-16-21-45-43-9-5-7-11-49(43)61(51(45)26-37)53-28-39(42-20-15-36(30-59)25-48(42)55(56,57)58)29-54(47(53)31-60)62-50-12-8-6-10-44(50)46-22-17-38(27-52(46)62)41-19-14-33(2)24-35(41)4/h5-29H,1-4H3. The van der Waals surface area contributed by atoms with Crippen molar-refractivity contribution in [2.45, 2.75) is 33.9 Å². The van der Waals surface area contributed by atoms with Gasteiger partial charge in [0.05, 0.1) is 50.6 Å². The molecule has 0 N–H and O–H groups in total. The average molecular weight is 811 g/mol. The summed E-state index contributed by atoms with van der Waals surface area (Å²) in [5, 5.41) is 25.0. The van der Waals surface area contributed by atoms with Crippen molar-refractivity contribution in [1.29, 1.82) is 10.5 Å². The lowest BCUT2D eigenvalue weighted by molar-refractivity contribution is -0.137. The number of hydrogen-bond acceptors (Lipinski definition) is 2. The molecule has 0 spiro atoms. The summed E-state index contributed by atoms with van der Waals surface area (Å²) in [6.07, 6.45) is -4.78. The van der Waals surface area contributed by atoms with Crippen molar-refractivity contribution in [3.05, 3.63) is 191 Å². The van der Waals surface area contributed by atoms with Crippen LogP contribution >= 0.6 is 0 Å². The first-order chi connectivity index (χ1) is 29.9. The molecule has 0 aliphatic rings. The Balaban J connectivity index is 1.36. The Labute approximate surface area is 356 Å². The molecule has 0 amide bonds. The average Bonchev–Trinajstić information content (AvgIpc) is 3.77. The van der Waals surface area contributed by atoms with E-state index in [2.05, 4.69) is 107 Å². The number of alkyl halides is 3. The maximum Gasteiger partial charge on any atom is 0.417 e. The summed E-state index contributed by atoms with van der Waals surface area (Å²) in [4.78, 5) is 0. The van der Waals surface area contributed by atoms with E-state index in [1.807, 2.05) is 63.7 Å². The third-order valence-electron chi connectivity index (χ3n) is 12.2. The van der Waals surface area contributed by atoms with Crippen molar-refractivity contribution < 1.29 is 13.2 Å². The fourth-order valence-electron chi connectivity index (χ4n) is 9.40. The van der Waals surface area contributed by atoms with E-state index in [0.29, 0.717) is 11.4 Å². The van der Waals surface area contributed by atoms with Gasteiger partial charge in [-0.25, -0.2) is 0 Å². The van der Waals surface area contributed by atoms with Crippen molar-refractivity contribution in [1.82, 2.24) is 9.13 Å². The van der Waals surface area contributed by atoms with E-state index < -0.39 is 11.7 Å². The first-order valence-corrected chi connectivity index (χ1v) is 20.4. The van der Waals surface area contributed by atoms with Crippen molar-refractivity contribution in [3.63, 3.8) is 0 Å². The van der Waals surface area contributed by atoms with Crippen molar-refractivity contribution in [2.24, 2.45) is 0 Å². The highest BCUT2D eigenvalue weighted by molar-refractivity contribution is 6.12. The summed E-state index contributed by atoms with van der Waals surface area (Å²) in [6.45, 7) is 8.29. The summed E-state index contributed by atoms with van der Waals surface area (Å²) in [5.74, 6) is 0. The van der Waals surface area contributed by atoms with Gasteiger partial charge < -0.3 is 9.13 Å². The number of nitrogens with zero attached hydrogens (tertiary/aromatic N) is 4. The molecule has 62 heavy (non-hydrogen) atoms. The zero-order valence-electron chi connectivity index (χ0n) is 34.4. The molecule has 2 aromatic heterocycles. The number of aryl methyl sites for hydroxylation is 4. The topological polar surface area (TPSA) is 57.4 Å². The molecule has 2 heterocycles. The zero-order chi connectivity index (χ0) is 43.0. The molecule has 0 saturated heterocycles. The Hall–Kier alpha value is -7.87. The molecule has 0 atom stereocenters. The van der Waals surface area contributed by atoms with E-state index in [-0.39, 0.29) is 22.3 Å². The molecule has 4 nitrogen and oxygen atoms in total. The molecule has 10 aromatic rings. The van der Waals surface area contributed by atoms with Gasteiger partial charge in [0.15, 0.2) is 0 Å². The third kappa shape index (κ3) is 6.13. The van der Waals surface area contributed by atoms with Crippen molar-refractivity contribution >= 4 is 43.6 Å². The summed E-state index contributed by atoms with van der Waals surface area (Å²) in [6, 6.07) is 52.6. The van der Waals surface area contributed by atoms with E-state index >= 15 is 13.2 Å². The van der Waals surface area contributed by atoms with Crippen LogP contribution in [0.3, 0.4) is 0 Å². The summed E-state index contributed by atoms with van der Waals surface area (Å²) >= 11 is 0. The SMILES string of the molecule is Cc1ccc(-c2ccc3c4ccccc4n(-c4cc(-c5ccc(C#N)cc5C(F)(F)F)cc(-n5c6ccccc6c6ccc(-c7ccc(C)cc7C)cc65)c4C#N)c3c2)c(C)c1. The molecule has 0 unspecified atom stereocenters. The van der Waals surface area contributed by atoms with Crippen LogP contribution in [0.2, 0.25) is 0 Å². The number of rotatable bonds is 5. The van der Waals surface area contributed by atoms with E-state index in [1.165, 1.54) is 12.1 Å². The number of aromatic nitrogens is 2. The molecule has 0 radical (unpaired) electrons. The summed E-state index contributed by atoms with van der Waals surface area (Å²) in [5.41, 5.74) is 12.1. The molecular weight excluding hydrogens is 774 g/mol. The molecule has 0 aliphatic carbocycles. The van der Waals surface area contributed by atoms with Gasteiger partial charge in [0.25, 0.3) is 0 Å². The van der Waals surface area contributed by atoms with Crippen molar-refractivity contribution in [2.75, 3.05) is 0 Å². The number of fused-ring (bicyclic) bond motifs is 6. The van der Waals surface area contributed by atoms with Gasteiger partial charge in [-0.1, -0.05) is 114 Å². The normalized spacial score (nSPS) is 11.8. The van der Waals surface area contributed by atoms with E-state index in [0.717, 1.165) is 94.2 Å². The maximum absolute atomic E-state index is 15.1. The molecule has 0 bridgehead atoms. The number of benzene rings is 8. The molecule has 0 saturated carbocycles. The van der Waals surface area contributed by atoms with E-state index in [9.17, 15) is 10.5 Å². The Morgan fingerprint density at radius 3 is 1.35 bits per heavy atom. The third-order valence-corrected chi connectivity index (χ3v) is 12.2. The smallest absolute Gasteiger partial charge is 0.308 e. The van der Waals surface area contributed by atoms with Gasteiger partial charge in [0.1, 0.15) is 11.6 Å². The lowest BCUT2D eigenvalue weighted by atomic mass is 9.94. The van der Waals surface area contributed by atoms with Gasteiger partial charge in [-0.05, 0) is 121 Å². The van der Waals surface area contributed by atoms with Gasteiger partial charge in [-0.3, -0.25) is 0 Å². The molecule has 0 fully saturated rings. The van der Waals surface area contributed by atoms with Gasteiger partial charge in [0.2, 0.25) is 0 Å². The maximum atomic E-state index is 15.1. The van der Waals surface area contributed by atoms with Crippen LogP contribution in [0.1, 0.15) is 38.9 Å². The first-order valence-electron chi connectivity index (χ1n) is 20.4. The minimum atomic E-state index is -4.78. The lowest BCUT2D eigenvalue weighted by Crippen LogP contribution is -2.09. The predicted octanol–water partition coefficient (Wildman–Crippen LogP) is 14.9. The Bertz CT molecular complexity index is 3400. The second-order valence-electron chi connectivity index (χ2n) is 16.2. The van der Waals surface area contributed by atoms with E-state index in [4.69, 9.17) is 0 Å². The molecular formula is C55H37F3N4. The van der Waals surface area contributed by atoms with Crippen LogP contribution in [-0.4, -0.2) is 9.13 Å².